The van der Waals surface area contributed by atoms with Crippen LogP contribution in [0.3, 0.4) is 0 Å². The summed E-state index contributed by atoms with van der Waals surface area (Å²) >= 11 is 1.84. The molecule has 0 saturated heterocycles. The Morgan fingerprint density at radius 2 is 2.17 bits per heavy atom. The van der Waals surface area contributed by atoms with Crippen LogP contribution in [0.1, 0.15) is 38.5 Å². The summed E-state index contributed by atoms with van der Waals surface area (Å²) in [5.74, 6) is 0.751. The second-order valence-corrected chi connectivity index (χ2v) is 6.92. The third-order valence-electron chi connectivity index (χ3n) is 3.90. The molecule has 1 atom stereocenters. The van der Waals surface area contributed by atoms with Crippen molar-refractivity contribution in [2.45, 2.75) is 45.6 Å². The monoisotopic (exact) mass is 268 g/mol. The highest BCUT2D eigenvalue weighted by Crippen LogP contribution is 2.22. The molecule has 0 aliphatic rings. The van der Waals surface area contributed by atoms with Gasteiger partial charge in [0.15, 0.2) is 0 Å². The van der Waals surface area contributed by atoms with Crippen LogP contribution in [0.15, 0.2) is 17.5 Å². The van der Waals surface area contributed by atoms with Crippen LogP contribution in [-0.2, 0) is 6.42 Å². The van der Waals surface area contributed by atoms with Gasteiger partial charge < -0.3 is 5.73 Å². The maximum absolute atomic E-state index is 6.00. The van der Waals surface area contributed by atoms with Crippen molar-refractivity contribution in [3.8, 4) is 0 Å². The summed E-state index contributed by atoms with van der Waals surface area (Å²) in [6.45, 7) is 8.68. The number of nitrogens with zero attached hydrogens (tertiary/aromatic N) is 1. The second-order valence-electron chi connectivity index (χ2n) is 5.88. The number of rotatable bonds is 8. The standard InChI is InChI=1S/C15H28N2S/c1-13(2)7-9-15(3,12-16)17(4)10-8-14-6-5-11-18-14/h5-6,11,13H,7-10,12,16H2,1-4H3. The Balaban J connectivity index is 2.47. The van der Waals surface area contributed by atoms with E-state index in [1.807, 2.05) is 11.3 Å². The van der Waals surface area contributed by atoms with E-state index in [1.54, 1.807) is 0 Å². The number of nitrogens with two attached hydrogens (primary N) is 1. The van der Waals surface area contributed by atoms with Crippen LogP contribution in [0.4, 0.5) is 0 Å². The quantitative estimate of drug-likeness (QED) is 0.783. The zero-order valence-electron chi connectivity index (χ0n) is 12.3. The van der Waals surface area contributed by atoms with E-state index in [1.165, 1.54) is 17.7 Å². The second kappa shape index (κ2) is 7.27. The van der Waals surface area contributed by atoms with Gasteiger partial charge in [0.1, 0.15) is 0 Å². The lowest BCUT2D eigenvalue weighted by molar-refractivity contribution is 0.128. The van der Waals surface area contributed by atoms with Crippen molar-refractivity contribution in [1.29, 1.82) is 0 Å². The van der Waals surface area contributed by atoms with Crippen LogP contribution in [0.2, 0.25) is 0 Å². The van der Waals surface area contributed by atoms with E-state index in [0.717, 1.165) is 25.4 Å². The number of hydrogen-bond donors (Lipinski definition) is 1. The molecule has 0 aromatic carbocycles. The summed E-state index contributed by atoms with van der Waals surface area (Å²) in [5, 5.41) is 2.15. The van der Waals surface area contributed by atoms with Crippen molar-refractivity contribution in [2.24, 2.45) is 11.7 Å². The first-order chi connectivity index (χ1) is 8.48. The third kappa shape index (κ3) is 4.71. The summed E-state index contributed by atoms with van der Waals surface area (Å²) in [7, 11) is 2.21. The van der Waals surface area contributed by atoms with Crippen LogP contribution < -0.4 is 5.73 Å². The van der Waals surface area contributed by atoms with Crippen molar-refractivity contribution in [1.82, 2.24) is 4.90 Å². The Hall–Kier alpha value is -0.380. The van der Waals surface area contributed by atoms with Gasteiger partial charge in [-0.2, -0.15) is 0 Å². The van der Waals surface area contributed by atoms with Gasteiger partial charge in [0.25, 0.3) is 0 Å². The Morgan fingerprint density at radius 1 is 1.44 bits per heavy atom. The maximum atomic E-state index is 6.00. The molecule has 1 unspecified atom stereocenters. The fraction of sp³-hybridized carbons (Fsp3) is 0.733. The van der Waals surface area contributed by atoms with E-state index < -0.39 is 0 Å². The predicted octanol–water partition coefficient (Wildman–Crippen LogP) is 3.38. The van der Waals surface area contributed by atoms with E-state index in [4.69, 9.17) is 5.73 Å². The molecule has 104 valence electrons. The minimum atomic E-state index is 0.140. The van der Waals surface area contributed by atoms with E-state index in [-0.39, 0.29) is 5.54 Å². The predicted molar refractivity (Wildman–Crippen MR) is 82.2 cm³/mol. The van der Waals surface area contributed by atoms with Crippen LogP contribution in [0, 0.1) is 5.92 Å². The zero-order chi connectivity index (χ0) is 13.6. The van der Waals surface area contributed by atoms with Crippen LogP contribution in [-0.4, -0.2) is 30.6 Å². The van der Waals surface area contributed by atoms with Gasteiger partial charge in [-0.05, 0) is 50.6 Å². The maximum Gasteiger partial charge on any atom is 0.0300 e. The molecule has 0 spiro atoms. The van der Waals surface area contributed by atoms with Gasteiger partial charge in [0.2, 0.25) is 0 Å². The third-order valence-corrected chi connectivity index (χ3v) is 4.83. The van der Waals surface area contributed by atoms with Gasteiger partial charge in [0.05, 0.1) is 0 Å². The number of hydrogen-bond acceptors (Lipinski definition) is 3. The van der Waals surface area contributed by atoms with Gasteiger partial charge in [0, 0.05) is 23.5 Å². The first kappa shape index (κ1) is 15.7. The molecule has 2 N–H and O–H groups in total. The van der Waals surface area contributed by atoms with Gasteiger partial charge in [-0.3, -0.25) is 4.90 Å². The lowest BCUT2D eigenvalue weighted by Crippen LogP contribution is -2.50. The molecular weight excluding hydrogens is 240 g/mol. The van der Waals surface area contributed by atoms with Crippen molar-refractivity contribution < 1.29 is 0 Å². The lowest BCUT2D eigenvalue weighted by Gasteiger charge is -2.38. The molecule has 0 fully saturated rings. The summed E-state index contributed by atoms with van der Waals surface area (Å²) < 4.78 is 0. The summed E-state index contributed by atoms with van der Waals surface area (Å²) in [6.07, 6.45) is 3.56. The fourth-order valence-electron chi connectivity index (χ4n) is 2.05. The van der Waals surface area contributed by atoms with Gasteiger partial charge in [-0.1, -0.05) is 19.9 Å². The molecule has 0 saturated carbocycles. The fourth-order valence-corrected chi connectivity index (χ4v) is 2.75. The molecule has 0 bridgehead atoms. The van der Waals surface area contributed by atoms with E-state index in [9.17, 15) is 0 Å². The van der Waals surface area contributed by atoms with Crippen molar-refractivity contribution in [2.75, 3.05) is 20.1 Å². The van der Waals surface area contributed by atoms with Gasteiger partial charge >= 0.3 is 0 Å². The summed E-state index contributed by atoms with van der Waals surface area (Å²) in [6, 6.07) is 4.34. The number of thiophene rings is 1. The Labute approximate surface area is 116 Å². The molecule has 0 amide bonds. The van der Waals surface area contributed by atoms with Crippen LogP contribution in [0.25, 0.3) is 0 Å². The average Bonchev–Trinajstić information content (AvgIpc) is 2.86. The van der Waals surface area contributed by atoms with Crippen LogP contribution in [0.5, 0.6) is 0 Å². The summed E-state index contributed by atoms with van der Waals surface area (Å²) in [5.41, 5.74) is 6.14. The van der Waals surface area contributed by atoms with Crippen molar-refractivity contribution >= 4 is 11.3 Å². The molecule has 3 heteroatoms. The van der Waals surface area contributed by atoms with E-state index in [0.29, 0.717) is 0 Å². The zero-order valence-corrected chi connectivity index (χ0v) is 13.1. The SMILES string of the molecule is CC(C)CCC(C)(CN)N(C)CCc1cccs1. The molecule has 1 rings (SSSR count). The molecule has 0 radical (unpaired) electrons. The first-order valence-electron chi connectivity index (χ1n) is 6.91. The topological polar surface area (TPSA) is 29.3 Å². The highest BCUT2D eigenvalue weighted by atomic mass is 32.1. The van der Waals surface area contributed by atoms with Gasteiger partial charge in [-0.25, -0.2) is 0 Å². The Kier molecular flexibility index (Phi) is 6.33. The molecule has 2 nitrogen and oxygen atoms in total. The largest absolute Gasteiger partial charge is 0.329 e. The van der Waals surface area contributed by atoms with Gasteiger partial charge in [-0.15, -0.1) is 11.3 Å². The van der Waals surface area contributed by atoms with Crippen molar-refractivity contribution in [3.63, 3.8) is 0 Å². The van der Waals surface area contributed by atoms with E-state index in [2.05, 4.69) is 50.2 Å². The molecule has 1 aromatic rings. The normalized spacial score (nSPS) is 15.3. The Morgan fingerprint density at radius 3 is 2.67 bits per heavy atom. The lowest BCUT2D eigenvalue weighted by atomic mass is 9.90. The molecular formula is C15H28N2S. The molecule has 18 heavy (non-hydrogen) atoms. The highest BCUT2D eigenvalue weighted by Gasteiger charge is 2.27. The Bertz CT molecular complexity index is 321. The molecule has 1 aromatic heterocycles. The smallest absolute Gasteiger partial charge is 0.0300 e. The molecule has 1 heterocycles. The number of likely N-dealkylation sites (N-methyl/N-ethyl adjacent to an activating group) is 1. The minimum absolute atomic E-state index is 0.140. The first-order valence-corrected chi connectivity index (χ1v) is 7.79. The molecule has 0 aliphatic carbocycles. The van der Waals surface area contributed by atoms with E-state index >= 15 is 0 Å². The van der Waals surface area contributed by atoms with Crippen LogP contribution >= 0.6 is 11.3 Å². The minimum Gasteiger partial charge on any atom is -0.329 e. The summed E-state index contributed by atoms with van der Waals surface area (Å²) in [4.78, 5) is 3.90. The highest BCUT2D eigenvalue weighted by molar-refractivity contribution is 7.09. The van der Waals surface area contributed by atoms with Crippen molar-refractivity contribution in [3.05, 3.63) is 22.4 Å². The average molecular weight is 268 g/mol. The molecule has 0 aliphatic heterocycles.